The number of aryl methyl sites for hydroxylation is 1. The second-order valence-electron chi connectivity index (χ2n) is 4.58. The Hall–Kier alpha value is -2.34. The van der Waals surface area contributed by atoms with Crippen LogP contribution in [0.3, 0.4) is 0 Å². The molecule has 0 saturated heterocycles. The smallest absolute Gasteiger partial charge is 0.263 e. The monoisotopic (exact) mass is 346 g/mol. The fraction of sp³-hybridized carbons (Fsp3) is 0.0667. The Morgan fingerprint density at radius 3 is 2.52 bits per heavy atom. The molecule has 0 bridgehead atoms. The number of hydrogen-bond acceptors (Lipinski definition) is 4. The normalized spacial score (nSPS) is 10.8. The number of hydrogen-bond donors (Lipinski definition) is 2. The lowest BCUT2D eigenvalue weighted by atomic mass is 10.1. The summed E-state index contributed by atoms with van der Waals surface area (Å²) in [6.07, 6.45) is 1.46. The van der Waals surface area contributed by atoms with Crippen LogP contribution in [0.25, 0.3) is 22.7 Å². The quantitative estimate of drug-likeness (QED) is 0.744. The highest BCUT2D eigenvalue weighted by atomic mass is 79.9. The molecule has 0 saturated carbocycles. The molecule has 3 aromatic rings. The highest BCUT2D eigenvalue weighted by Crippen LogP contribution is 2.29. The fourth-order valence-electron chi connectivity index (χ4n) is 2.01. The zero-order chi connectivity index (χ0) is 15.0. The van der Waals surface area contributed by atoms with E-state index in [1.54, 1.807) is 18.2 Å². The molecule has 6 heteroatoms. The van der Waals surface area contributed by atoms with Crippen molar-refractivity contribution in [1.29, 1.82) is 0 Å². The maximum absolute atomic E-state index is 12.2. The van der Waals surface area contributed by atoms with Crippen LogP contribution >= 0.6 is 15.9 Å². The van der Waals surface area contributed by atoms with Crippen LogP contribution in [0, 0.1) is 6.92 Å². The van der Waals surface area contributed by atoms with Crippen molar-refractivity contribution >= 4 is 15.9 Å². The van der Waals surface area contributed by atoms with Crippen LogP contribution in [0.2, 0.25) is 0 Å². The number of furan rings is 1. The Balaban J connectivity index is 2.15. The Bertz CT molecular complexity index is 850. The van der Waals surface area contributed by atoms with Gasteiger partial charge in [-0.2, -0.15) is 4.98 Å². The van der Waals surface area contributed by atoms with Gasteiger partial charge in [0.1, 0.15) is 5.56 Å². The number of rotatable bonds is 2. The summed E-state index contributed by atoms with van der Waals surface area (Å²) in [5.41, 5.74) is 1.39. The maximum Gasteiger partial charge on any atom is 0.263 e. The van der Waals surface area contributed by atoms with Crippen LogP contribution < -0.4 is 5.56 Å². The third kappa shape index (κ3) is 2.50. The molecule has 0 fully saturated rings. The summed E-state index contributed by atoms with van der Waals surface area (Å²) in [7, 11) is 0. The number of halogens is 1. The standard InChI is InChI=1S/C15H11BrN2O3/c1-8-2-4-9(5-3-8)11-14(19)17-13(18-15(11)20)12-10(16)6-7-21-12/h2-7H,1H3,(H2,17,18,19,20). The Kier molecular flexibility index (Phi) is 3.39. The molecule has 2 heterocycles. The second-order valence-corrected chi connectivity index (χ2v) is 5.43. The van der Waals surface area contributed by atoms with Crippen LogP contribution in [-0.4, -0.2) is 15.1 Å². The predicted molar refractivity (Wildman–Crippen MR) is 82.1 cm³/mol. The molecule has 106 valence electrons. The van der Waals surface area contributed by atoms with Crippen molar-refractivity contribution in [2.24, 2.45) is 0 Å². The summed E-state index contributed by atoms with van der Waals surface area (Å²) in [5.74, 6) is 0.198. The first-order chi connectivity index (χ1) is 10.1. The van der Waals surface area contributed by atoms with Gasteiger partial charge in [-0.15, -0.1) is 0 Å². The van der Waals surface area contributed by atoms with E-state index in [4.69, 9.17) is 4.42 Å². The van der Waals surface area contributed by atoms with Crippen molar-refractivity contribution in [3.63, 3.8) is 0 Å². The number of benzene rings is 1. The zero-order valence-corrected chi connectivity index (χ0v) is 12.6. The van der Waals surface area contributed by atoms with Gasteiger partial charge in [-0.25, -0.2) is 0 Å². The molecule has 0 radical (unpaired) electrons. The van der Waals surface area contributed by atoms with Crippen molar-refractivity contribution in [3.05, 3.63) is 57.0 Å². The van der Waals surface area contributed by atoms with Crippen molar-refractivity contribution in [2.75, 3.05) is 0 Å². The molecule has 0 atom stereocenters. The average Bonchev–Trinajstić information content (AvgIpc) is 2.86. The van der Waals surface area contributed by atoms with Crippen LogP contribution in [0.4, 0.5) is 0 Å². The van der Waals surface area contributed by atoms with Crippen LogP contribution in [-0.2, 0) is 0 Å². The van der Waals surface area contributed by atoms with Gasteiger partial charge in [-0.05, 0) is 34.5 Å². The van der Waals surface area contributed by atoms with Gasteiger partial charge in [0.2, 0.25) is 5.88 Å². The van der Waals surface area contributed by atoms with Crippen molar-refractivity contribution in [3.8, 4) is 28.6 Å². The number of nitrogens with one attached hydrogen (secondary N) is 1. The first-order valence-corrected chi connectivity index (χ1v) is 6.99. The minimum atomic E-state index is -0.426. The molecular weight excluding hydrogens is 336 g/mol. The molecular formula is C15H11BrN2O3. The summed E-state index contributed by atoms with van der Waals surface area (Å²) in [6, 6.07) is 8.95. The summed E-state index contributed by atoms with van der Waals surface area (Å²) >= 11 is 3.29. The van der Waals surface area contributed by atoms with E-state index in [1.165, 1.54) is 6.26 Å². The van der Waals surface area contributed by atoms with Gasteiger partial charge < -0.3 is 14.5 Å². The summed E-state index contributed by atoms with van der Waals surface area (Å²) < 4.78 is 5.88. The van der Waals surface area contributed by atoms with Crippen LogP contribution in [0.1, 0.15) is 5.56 Å². The molecule has 0 aliphatic heterocycles. The predicted octanol–water partition coefficient (Wildman–Crippen LogP) is 3.47. The minimum absolute atomic E-state index is 0.140. The molecule has 3 rings (SSSR count). The van der Waals surface area contributed by atoms with Gasteiger partial charge in [-0.1, -0.05) is 29.8 Å². The highest BCUT2D eigenvalue weighted by Gasteiger charge is 2.16. The van der Waals surface area contributed by atoms with E-state index in [0.717, 1.165) is 5.56 Å². The fourth-order valence-corrected chi connectivity index (χ4v) is 2.40. The van der Waals surface area contributed by atoms with Gasteiger partial charge in [0.25, 0.3) is 5.56 Å². The molecule has 0 spiro atoms. The van der Waals surface area contributed by atoms with E-state index in [9.17, 15) is 9.90 Å². The lowest BCUT2D eigenvalue weighted by molar-refractivity contribution is 0.452. The Morgan fingerprint density at radius 2 is 1.95 bits per heavy atom. The largest absolute Gasteiger partial charge is 0.493 e. The van der Waals surface area contributed by atoms with E-state index in [0.29, 0.717) is 15.8 Å². The van der Waals surface area contributed by atoms with Crippen LogP contribution in [0.5, 0.6) is 5.88 Å². The average molecular weight is 347 g/mol. The number of aromatic nitrogens is 2. The number of H-pyrrole nitrogens is 1. The van der Waals surface area contributed by atoms with Gasteiger partial charge in [0.15, 0.2) is 11.6 Å². The lowest BCUT2D eigenvalue weighted by Crippen LogP contribution is -2.12. The Labute approximate surface area is 128 Å². The molecule has 2 N–H and O–H groups in total. The van der Waals surface area contributed by atoms with E-state index >= 15 is 0 Å². The first-order valence-electron chi connectivity index (χ1n) is 6.20. The van der Waals surface area contributed by atoms with Crippen LogP contribution in [0.15, 0.2) is 50.3 Å². The highest BCUT2D eigenvalue weighted by molar-refractivity contribution is 9.10. The number of nitrogens with zero attached hydrogens (tertiary/aromatic N) is 1. The summed E-state index contributed by atoms with van der Waals surface area (Å²) in [5, 5.41) is 10.1. The Morgan fingerprint density at radius 1 is 1.24 bits per heavy atom. The maximum atomic E-state index is 12.2. The van der Waals surface area contributed by atoms with E-state index in [-0.39, 0.29) is 17.3 Å². The van der Waals surface area contributed by atoms with Gasteiger partial charge >= 0.3 is 0 Å². The molecule has 21 heavy (non-hydrogen) atoms. The lowest BCUT2D eigenvalue weighted by Gasteiger charge is -2.05. The van der Waals surface area contributed by atoms with E-state index < -0.39 is 5.56 Å². The van der Waals surface area contributed by atoms with Gasteiger partial charge in [0.05, 0.1) is 10.7 Å². The van der Waals surface area contributed by atoms with Gasteiger partial charge in [-0.3, -0.25) is 4.79 Å². The van der Waals surface area contributed by atoms with Gasteiger partial charge in [0, 0.05) is 0 Å². The molecule has 0 unspecified atom stereocenters. The first kappa shape index (κ1) is 13.6. The van der Waals surface area contributed by atoms with E-state index in [1.807, 2.05) is 19.1 Å². The number of aromatic amines is 1. The number of aromatic hydroxyl groups is 1. The summed E-state index contributed by atoms with van der Waals surface area (Å²) in [6.45, 7) is 1.95. The molecule has 0 aliphatic carbocycles. The molecule has 0 aliphatic rings. The topological polar surface area (TPSA) is 79.1 Å². The third-order valence-corrected chi connectivity index (χ3v) is 3.70. The van der Waals surface area contributed by atoms with Crippen molar-refractivity contribution in [2.45, 2.75) is 6.92 Å². The SMILES string of the molecule is Cc1ccc(-c2c(O)nc(-c3occc3Br)[nH]c2=O)cc1. The minimum Gasteiger partial charge on any atom is -0.493 e. The van der Waals surface area contributed by atoms with E-state index in [2.05, 4.69) is 25.9 Å². The van der Waals surface area contributed by atoms with Crippen molar-refractivity contribution in [1.82, 2.24) is 9.97 Å². The summed E-state index contributed by atoms with van der Waals surface area (Å²) in [4.78, 5) is 18.9. The zero-order valence-electron chi connectivity index (χ0n) is 11.1. The second kappa shape index (κ2) is 5.21. The van der Waals surface area contributed by atoms with Crippen molar-refractivity contribution < 1.29 is 9.52 Å². The molecule has 5 nitrogen and oxygen atoms in total. The third-order valence-electron chi connectivity index (χ3n) is 3.07. The molecule has 2 aromatic heterocycles. The molecule has 0 amide bonds. The molecule has 1 aromatic carbocycles.